The van der Waals surface area contributed by atoms with Crippen LogP contribution in [0.5, 0.6) is 0 Å². The van der Waals surface area contributed by atoms with Crippen LogP contribution in [0.1, 0.15) is 91.0 Å². The average molecular weight is 923 g/mol. The summed E-state index contributed by atoms with van der Waals surface area (Å²) in [5.74, 6) is 0.751. The Labute approximate surface area is 419 Å². The Morgan fingerprint density at radius 3 is 1.94 bits per heavy atom. The van der Waals surface area contributed by atoms with Gasteiger partial charge in [-0.05, 0) is 135 Å². The molecule has 0 fully saturated rings. The second kappa shape index (κ2) is 19.9. The summed E-state index contributed by atoms with van der Waals surface area (Å²) < 4.78 is 5.15. The Hall–Kier alpha value is -7.75. The van der Waals surface area contributed by atoms with Crippen molar-refractivity contribution in [3.63, 3.8) is 0 Å². The van der Waals surface area contributed by atoms with Crippen LogP contribution >= 0.6 is 0 Å². The zero-order valence-electron chi connectivity index (χ0n) is 41.5. The fourth-order valence-corrected chi connectivity index (χ4v) is 11.8. The fraction of sp³-hybridized carbons (Fsp3) is 0.191. The molecule has 0 bridgehead atoms. The van der Waals surface area contributed by atoms with Gasteiger partial charge in [-0.1, -0.05) is 167 Å². The van der Waals surface area contributed by atoms with E-state index in [1.165, 1.54) is 73.6 Å². The van der Waals surface area contributed by atoms with Crippen LogP contribution in [0.3, 0.4) is 0 Å². The summed E-state index contributed by atoms with van der Waals surface area (Å²) in [6, 6.07) is 72.1. The van der Waals surface area contributed by atoms with Crippen LogP contribution in [-0.4, -0.2) is 5.78 Å². The van der Waals surface area contributed by atoms with Gasteiger partial charge in [-0.3, -0.25) is 4.79 Å². The first-order chi connectivity index (χ1) is 34.9. The highest BCUT2D eigenvalue weighted by atomic mass is 16.1. The van der Waals surface area contributed by atoms with Gasteiger partial charge in [0.1, 0.15) is 6.54 Å². The molecule has 11 rings (SSSR count). The minimum absolute atomic E-state index is 0.00655. The molecule has 3 heterocycles. The summed E-state index contributed by atoms with van der Waals surface area (Å²) in [5.41, 5.74) is 16.9. The molecule has 0 saturated carbocycles. The minimum Gasteiger partial charge on any atom is -0.289 e. The van der Waals surface area contributed by atoms with Gasteiger partial charge >= 0.3 is 0 Å². The van der Waals surface area contributed by atoms with Crippen molar-refractivity contribution in [1.29, 1.82) is 0 Å². The Bertz CT molecular complexity index is 3520. The molecule has 3 nitrogen and oxygen atoms in total. The third kappa shape index (κ3) is 8.80. The predicted octanol–water partition coefficient (Wildman–Crippen LogP) is 16.6. The Balaban J connectivity index is 0.959. The zero-order valence-corrected chi connectivity index (χ0v) is 41.5. The topological polar surface area (TPSA) is 24.8 Å². The monoisotopic (exact) mass is 922 g/mol. The summed E-state index contributed by atoms with van der Waals surface area (Å²) >= 11 is 0. The van der Waals surface area contributed by atoms with Crippen molar-refractivity contribution in [2.45, 2.75) is 78.3 Å². The molecule has 3 unspecified atom stereocenters. The van der Waals surface area contributed by atoms with E-state index in [1.54, 1.807) is 0 Å². The summed E-state index contributed by atoms with van der Waals surface area (Å²) in [4.78, 5) is 14.7. The highest BCUT2D eigenvalue weighted by Crippen LogP contribution is 2.45. The van der Waals surface area contributed by atoms with Crippen molar-refractivity contribution in [3.8, 4) is 55.9 Å². The third-order valence-electron chi connectivity index (χ3n) is 15.5. The molecule has 0 aliphatic carbocycles. The van der Waals surface area contributed by atoms with Gasteiger partial charge in [0.05, 0.1) is 21.9 Å². The molecule has 2 aromatic heterocycles. The second-order valence-corrected chi connectivity index (χ2v) is 19.8. The van der Waals surface area contributed by atoms with Crippen molar-refractivity contribution in [2.24, 2.45) is 5.92 Å². The maximum Gasteiger partial charge on any atom is 0.220 e. The predicted molar refractivity (Wildman–Crippen MR) is 295 cm³/mol. The maximum absolute atomic E-state index is 14.7. The molecule has 3 atom stereocenters. The second-order valence-electron chi connectivity index (χ2n) is 19.8. The van der Waals surface area contributed by atoms with Gasteiger partial charge in [0.2, 0.25) is 11.4 Å². The number of ketones is 1. The van der Waals surface area contributed by atoms with Crippen molar-refractivity contribution in [3.05, 3.63) is 240 Å². The molecule has 10 aromatic rings. The fourth-order valence-electron chi connectivity index (χ4n) is 11.8. The van der Waals surface area contributed by atoms with E-state index in [1.807, 2.05) is 60.7 Å². The van der Waals surface area contributed by atoms with Crippen molar-refractivity contribution in [1.82, 2.24) is 0 Å². The largest absolute Gasteiger partial charge is 0.289 e. The number of carbonyl (C=O) groups is 1. The van der Waals surface area contributed by atoms with Crippen molar-refractivity contribution >= 4 is 27.3 Å². The summed E-state index contributed by atoms with van der Waals surface area (Å²) in [6.45, 7) is 10.3. The van der Waals surface area contributed by atoms with E-state index >= 15 is 0 Å². The van der Waals surface area contributed by atoms with E-state index in [0.29, 0.717) is 29.0 Å². The maximum atomic E-state index is 14.7. The Morgan fingerprint density at radius 2 is 1.18 bits per heavy atom. The Kier molecular flexibility index (Phi) is 12.8. The molecule has 348 valence electrons. The Morgan fingerprint density at radius 1 is 0.521 bits per heavy atom. The number of carbonyl (C=O) groups excluding carboxylic acids is 1. The van der Waals surface area contributed by atoms with Gasteiger partial charge < -0.3 is 0 Å². The van der Waals surface area contributed by atoms with E-state index in [4.69, 9.17) is 0 Å². The molecule has 0 amide bonds. The normalized spacial score (nSPS) is 15.3. The molecule has 3 heteroatoms. The lowest BCUT2D eigenvalue weighted by Crippen LogP contribution is -2.44. The highest BCUT2D eigenvalue weighted by molar-refractivity contribution is 6.11. The molecule has 1 aliphatic heterocycles. The van der Waals surface area contributed by atoms with E-state index in [2.05, 4.69) is 189 Å². The van der Waals surface area contributed by atoms with Crippen LogP contribution < -0.4 is 9.13 Å². The molecule has 8 aromatic carbocycles. The first-order valence-corrected chi connectivity index (χ1v) is 25.9. The number of fused-ring (bicyclic) bond motifs is 6. The molecule has 0 N–H and O–H groups in total. The number of benzene rings is 8. The van der Waals surface area contributed by atoms with Gasteiger partial charge in [0.25, 0.3) is 0 Å². The van der Waals surface area contributed by atoms with Gasteiger partial charge in [-0.25, -0.2) is 0 Å². The lowest BCUT2D eigenvalue weighted by Gasteiger charge is -2.25. The summed E-state index contributed by atoms with van der Waals surface area (Å²) in [7, 11) is 0. The molecule has 0 saturated heterocycles. The number of aryl methyl sites for hydroxylation is 3. The molecule has 0 spiro atoms. The van der Waals surface area contributed by atoms with E-state index in [9.17, 15) is 4.79 Å². The molecule has 1 aliphatic rings. The first kappa shape index (κ1) is 45.7. The van der Waals surface area contributed by atoms with Crippen LogP contribution in [0.25, 0.3) is 77.4 Å². The van der Waals surface area contributed by atoms with E-state index in [0.717, 1.165) is 59.2 Å². The smallest absolute Gasteiger partial charge is 0.220 e. The van der Waals surface area contributed by atoms with Gasteiger partial charge in [-0.15, -0.1) is 0 Å². The van der Waals surface area contributed by atoms with Crippen LogP contribution in [0.15, 0.2) is 213 Å². The lowest BCUT2D eigenvalue weighted by molar-refractivity contribution is -0.719. The van der Waals surface area contributed by atoms with Crippen LogP contribution in [0, 0.1) is 12.8 Å². The molecular weight excluding hydrogens is 861 g/mol. The molecule has 71 heavy (non-hydrogen) atoms. The number of pyridine rings is 2. The number of hydrogen-bond donors (Lipinski definition) is 0. The summed E-state index contributed by atoms with van der Waals surface area (Å²) in [5, 5.41) is 5.22. The standard InChI is InChI=1S/C68H62N2O/c1-5-7-20-50-26-19-32-62-59(50)37-40-70-65(6-2)47(4)58(61-30-16-17-31-63(61)67(62)70)36-39-69-38-35-51-25-14-15-29-60(51)66(69)64-45-53(34-33-46(64)3)52-27-18-28-54(41-52)68(71)57-43-55(48-21-10-8-11-22-48)42-56(44-57)49-23-12-9-13-24-49/h8-19,21-35,37-38,40-45,47,58,65H,5-7,20,36,39H2,1-4H3/q+2. The lowest BCUT2D eigenvalue weighted by atomic mass is 9.79. The van der Waals surface area contributed by atoms with E-state index < -0.39 is 0 Å². The van der Waals surface area contributed by atoms with Gasteiger partial charge in [-0.2, -0.15) is 9.13 Å². The number of hydrogen-bond acceptors (Lipinski definition) is 1. The van der Waals surface area contributed by atoms with Gasteiger partial charge in [0.15, 0.2) is 24.2 Å². The number of rotatable bonds is 13. The number of nitrogens with zero attached hydrogens (tertiary/aromatic N) is 2. The number of unbranched alkanes of at least 4 members (excludes halogenated alkanes) is 1. The van der Waals surface area contributed by atoms with E-state index in [-0.39, 0.29) is 5.78 Å². The SMILES string of the molecule is CCCCc1cccc2c3[n+](ccc12)C(CC)C(C)C(CC[n+]1ccc2ccccc2c1-c1cc(-c2cccc(C(=O)c4cc(-c5ccccc5)cc(-c5ccccc5)c4)c2)ccc1C)c1ccccc1-3. The first-order valence-electron chi connectivity index (χ1n) is 25.9. The minimum atomic E-state index is 0.00655. The van der Waals surface area contributed by atoms with Crippen molar-refractivity contribution < 1.29 is 13.9 Å². The van der Waals surface area contributed by atoms with Crippen molar-refractivity contribution in [2.75, 3.05) is 0 Å². The van der Waals surface area contributed by atoms with Gasteiger partial charge in [0, 0.05) is 42.0 Å². The quantitative estimate of drug-likeness (QED) is 0.0835. The molecular formula is C68H62N2O+2. The summed E-state index contributed by atoms with van der Waals surface area (Å²) in [6.07, 6.45) is 10.3. The average Bonchev–Trinajstić information content (AvgIpc) is 3.53. The van der Waals surface area contributed by atoms with Crippen LogP contribution in [-0.2, 0) is 13.0 Å². The van der Waals surface area contributed by atoms with Crippen LogP contribution in [0.4, 0.5) is 0 Å². The highest BCUT2D eigenvalue weighted by Gasteiger charge is 2.40. The number of aromatic nitrogens is 2. The molecule has 0 radical (unpaired) electrons. The third-order valence-corrected chi connectivity index (χ3v) is 15.5. The zero-order chi connectivity index (χ0) is 48.4. The van der Waals surface area contributed by atoms with Crippen LogP contribution in [0.2, 0.25) is 0 Å².